The van der Waals surface area contributed by atoms with Gasteiger partial charge in [0, 0.05) is 4.90 Å². The van der Waals surface area contributed by atoms with E-state index < -0.39 is 5.82 Å². The average Bonchev–Trinajstić information content (AvgIpc) is 2.64. The number of carbonyl (C=O) groups excluding carboxylic acids is 1. The largest absolute Gasteiger partial charge is 0.438 e. The summed E-state index contributed by atoms with van der Waals surface area (Å²) in [6.07, 6.45) is 10.4. The molecule has 0 bridgehead atoms. The fraction of sp³-hybridized carbons (Fsp3) is 0.429. The summed E-state index contributed by atoms with van der Waals surface area (Å²) in [7, 11) is 0. The van der Waals surface area contributed by atoms with Crippen LogP contribution in [-0.2, 0) is 0 Å². The van der Waals surface area contributed by atoms with E-state index in [-0.39, 0.29) is 17.2 Å². The maximum atomic E-state index is 13.1. The molecule has 1 aliphatic carbocycles. The number of Topliss-reactive ketones (excluding diaryl/α,β-unsaturated/α-hetero) is 1. The van der Waals surface area contributed by atoms with Crippen molar-refractivity contribution in [1.82, 2.24) is 4.98 Å². The van der Waals surface area contributed by atoms with E-state index in [1.807, 2.05) is 24.5 Å². The van der Waals surface area contributed by atoms with Crippen LogP contribution in [0.2, 0.25) is 0 Å². The topological polar surface area (TPSA) is 39.2 Å². The molecule has 1 fully saturated rings. The minimum atomic E-state index is -0.560. The van der Waals surface area contributed by atoms with Crippen molar-refractivity contribution in [2.45, 2.75) is 50.8 Å². The number of hydrogen-bond donors (Lipinski definition) is 0. The Labute approximate surface area is 159 Å². The summed E-state index contributed by atoms with van der Waals surface area (Å²) in [5, 5.41) is 0. The molecule has 0 radical (unpaired) electrons. The van der Waals surface area contributed by atoms with E-state index >= 15 is 0 Å². The molecule has 0 N–H and O–H groups in total. The van der Waals surface area contributed by atoms with Crippen molar-refractivity contribution < 1.29 is 13.9 Å². The van der Waals surface area contributed by atoms with Gasteiger partial charge in [0.15, 0.2) is 5.78 Å². The van der Waals surface area contributed by atoms with E-state index in [4.69, 9.17) is 4.74 Å². The van der Waals surface area contributed by atoms with E-state index in [2.05, 4.69) is 11.9 Å². The third kappa shape index (κ3) is 6.45. The Morgan fingerprint density at radius 3 is 2.54 bits per heavy atom. The fourth-order valence-electron chi connectivity index (χ4n) is 2.84. The molecular formula is C21H26FNO2S. The summed E-state index contributed by atoms with van der Waals surface area (Å²) in [6.45, 7) is 3.71. The lowest BCUT2D eigenvalue weighted by Gasteiger charge is -2.15. The molecule has 1 aliphatic rings. The predicted octanol–water partition coefficient (Wildman–Crippen LogP) is 6.52. The van der Waals surface area contributed by atoms with Crippen LogP contribution in [0.5, 0.6) is 11.6 Å². The van der Waals surface area contributed by atoms with Crippen LogP contribution in [0.15, 0.2) is 41.4 Å². The van der Waals surface area contributed by atoms with Crippen LogP contribution in [0.4, 0.5) is 4.39 Å². The average molecular weight is 376 g/mol. The summed E-state index contributed by atoms with van der Waals surface area (Å²) in [5.41, 5.74) is 0.134. The van der Waals surface area contributed by atoms with Crippen molar-refractivity contribution in [3.05, 3.63) is 47.9 Å². The van der Waals surface area contributed by atoms with Gasteiger partial charge in [0.1, 0.15) is 11.6 Å². The molecule has 3 rings (SSSR count). The van der Waals surface area contributed by atoms with E-state index in [1.165, 1.54) is 39.0 Å². The first-order valence-corrected chi connectivity index (χ1v) is 10.2. The van der Waals surface area contributed by atoms with E-state index in [0.717, 1.165) is 23.1 Å². The lowest BCUT2D eigenvalue weighted by molar-refractivity contribution is 0.101. The molecule has 1 aromatic heterocycles. The molecule has 0 aliphatic heterocycles. The van der Waals surface area contributed by atoms with Crippen molar-refractivity contribution in [2.75, 3.05) is 6.26 Å². The van der Waals surface area contributed by atoms with Gasteiger partial charge < -0.3 is 4.74 Å². The number of thioether (sulfide) groups is 1. The second-order valence-electron chi connectivity index (χ2n) is 6.59. The smallest absolute Gasteiger partial charge is 0.230 e. The van der Waals surface area contributed by atoms with E-state index in [9.17, 15) is 9.18 Å². The standard InChI is InChI=1S/C14H12FNO2S.C7H14/c1-9(17)13-6-10(15)8-16-14(13)18-11-4-3-5-12(7-11)19-2;1-7-5-3-2-4-6-7/h3-8H,1-2H3;7H,2-6H2,1H3. The number of halogens is 1. The number of ether oxygens (including phenoxy) is 1. The second-order valence-corrected chi connectivity index (χ2v) is 7.47. The lowest BCUT2D eigenvalue weighted by atomic mass is 9.91. The zero-order valence-electron chi connectivity index (χ0n) is 15.6. The first-order chi connectivity index (χ1) is 12.5. The highest BCUT2D eigenvalue weighted by atomic mass is 32.2. The maximum absolute atomic E-state index is 13.1. The van der Waals surface area contributed by atoms with Crippen molar-refractivity contribution >= 4 is 17.5 Å². The first-order valence-electron chi connectivity index (χ1n) is 8.98. The molecule has 5 heteroatoms. The van der Waals surface area contributed by atoms with E-state index in [0.29, 0.717) is 5.75 Å². The van der Waals surface area contributed by atoms with Gasteiger partial charge in [0.2, 0.25) is 5.88 Å². The minimum Gasteiger partial charge on any atom is -0.438 e. The van der Waals surface area contributed by atoms with Crippen molar-refractivity contribution in [1.29, 1.82) is 0 Å². The number of rotatable bonds is 4. The van der Waals surface area contributed by atoms with Gasteiger partial charge in [-0.25, -0.2) is 9.37 Å². The molecule has 2 aromatic rings. The molecule has 26 heavy (non-hydrogen) atoms. The number of nitrogens with zero attached hydrogens (tertiary/aromatic N) is 1. The molecule has 3 nitrogen and oxygen atoms in total. The quantitative estimate of drug-likeness (QED) is 0.450. The molecule has 1 heterocycles. The number of hydrogen-bond acceptors (Lipinski definition) is 4. The normalized spacial score (nSPS) is 14.3. The summed E-state index contributed by atoms with van der Waals surface area (Å²) in [4.78, 5) is 16.3. The summed E-state index contributed by atoms with van der Waals surface area (Å²) < 4.78 is 18.6. The Balaban J connectivity index is 0.000000290. The molecule has 140 valence electrons. The Bertz CT molecular complexity index is 730. The molecular weight excluding hydrogens is 349 g/mol. The molecule has 0 atom stereocenters. The van der Waals surface area contributed by atoms with Gasteiger partial charge >= 0.3 is 0 Å². The summed E-state index contributed by atoms with van der Waals surface area (Å²) in [6, 6.07) is 8.51. The third-order valence-corrected chi connectivity index (χ3v) is 5.07. The predicted molar refractivity (Wildman–Crippen MR) is 105 cm³/mol. The van der Waals surface area contributed by atoms with Crippen LogP contribution in [0.3, 0.4) is 0 Å². The van der Waals surface area contributed by atoms with Gasteiger partial charge in [-0.15, -0.1) is 11.8 Å². The Kier molecular flexibility index (Phi) is 8.10. The number of pyridine rings is 1. The molecule has 0 amide bonds. The van der Waals surface area contributed by atoms with Gasteiger partial charge in [-0.2, -0.15) is 0 Å². The molecule has 1 saturated carbocycles. The highest BCUT2D eigenvalue weighted by Gasteiger charge is 2.12. The number of aromatic nitrogens is 1. The van der Waals surface area contributed by atoms with Crippen molar-refractivity contribution in [3.8, 4) is 11.6 Å². The van der Waals surface area contributed by atoms with Crippen LogP contribution < -0.4 is 4.74 Å². The van der Waals surface area contributed by atoms with Gasteiger partial charge in [0.05, 0.1) is 11.8 Å². The number of benzene rings is 1. The number of ketones is 1. The molecule has 0 spiro atoms. The van der Waals surface area contributed by atoms with Crippen LogP contribution in [0, 0.1) is 11.7 Å². The van der Waals surface area contributed by atoms with Crippen LogP contribution in [-0.4, -0.2) is 17.0 Å². The second kappa shape index (κ2) is 10.3. The Morgan fingerprint density at radius 2 is 1.96 bits per heavy atom. The SMILES string of the molecule is CC1CCCCC1.CSc1cccc(Oc2ncc(F)cc2C(C)=O)c1. The minimum absolute atomic E-state index is 0.118. The number of carbonyl (C=O) groups is 1. The lowest BCUT2D eigenvalue weighted by Crippen LogP contribution is -2.00. The van der Waals surface area contributed by atoms with Gasteiger partial charge in [0.25, 0.3) is 0 Å². The van der Waals surface area contributed by atoms with E-state index in [1.54, 1.807) is 17.8 Å². The van der Waals surface area contributed by atoms with Gasteiger partial charge in [-0.05, 0) is 43.4 Å². The monoisotopic (exact) mass is 375 g/mol. The van der Waals surface area contributed by atoms with Gasteiger partial charge in [-0.1, -0.05) is 45.1 Å². The zero-order chi connectivity index (χ0) is 18.9. The highest BCUT2D eigenvalue weighted by molar-refractivity contribution is 7.98. The fourth-order valence-corrected chi connectivity index (χ4v) is 3.29. The molecule has 0 unspecified atom stereocenters. The van der Waals surface area contributed by atoms with Gasteiger partial charge in [-0.3, -0.25) is 4.79 Å². The Morgan fingerprint density at radius 1 is 1.23 bits per heavy atom. The molecule has 0 saturated heterocycles. The van der Waals surface area contributed by atoms with Crippen LogP contribution in [0.1, 0.15) is 56.3 Å². The third-order valence-electron chi connectivity index (χ3n) is 4.35. The maximum Gasteiger partial charge on any atom is 0.230 e. The van der Waals surface area contributed by atoms with Crippen LogP contribution in [0.25, 0.3) is 0 Å². The first kappa shape index (κ1) is 20.4. The van der Waals surface area contributed by atoms with Crippen LogP contribution >= 0.6 is 11.8 Å². The summed E-state index contributed by atoms with van der Waals surface area (Å²) >= 11 is 1.58. The summed E-state index contributed by atoms with van der Waals surface area (Å²) in [5.74, 6) is 0.868. The highest BCUT2D eigenvalue weighted by Crippen LogP contribution is 2.27. The molecule has 1 aromatic carbocycles. The van der Waals surface area contributed by atoms with Crippen molar-refractivity contribution in [3.63, 3.8) is 0 Å². The Hall–Kier alpha value is -1.88. The zero-order valence-corrected chi connectivity index (χ0v) is 16.4. The van der Waals surface area contributed by atoms with Crippen molar-refractivity contribution in [2.24, 2.45) is 5.92 Å².